The van der Waals surface area contributed by atoms with Crippen LogP contribution in [0, 0.1) is 0 Å². The van der Waals surface area contributed by atoms with E-state index in [1.807, 2.05) is 24.3 Å². The number of halogens is 1. The van der Waals surface area contributed by atoms with Crippen LogP contribution in [0.5, 0.6) is 0 Å². The number of nitrogens with one attached hydrogen (secondary N) is 1. The minimum Gasteiger partial charge on any atom is -0.372 e. The predicted molar refractivity (Wildman–Crippen MR) is 88.4 cm³/mol. The van der Waals surface area contributed by atoms with E-state index in [1.54, 1.807) is 0 Å². The molecule has 0 aromatic heterocycles. The molecule has 0 bridgehead atoms. The molecule has 0 aliphatic heterocycles. The van der Waals surface area contributed by atoms with Crippen molar-refractivity contribution in [1.29, 1.82) is 0 Å². The van der Waals surface area contributed by atoms with Gasteiger partial charge in [-0.3, -0.25) is 0 Å². The second kappa shape index (κ2) is 8.18. The van der Waals surface area contributed by atoms with Gasteiger partial charge in [-0.25, -0.2) is 0 Å². The lowest BCUT2D eigenvalue weighted by molar-refractivity contribution is 0.107. The van der Waals surface area contributed by atoms with Gasteiger partial charge in [0.15, 0.2) is 0 Å². The van der Waals surface area contributed by atoms with Crippen LogP contribution < -0.4 is 5.32 Å². The molecule has 0 amide bonds. The SMILES string of the molecule is CC(C)NCc1cccc(COCc2ccc(Cl)cc2)c1. The average Bonchev–Trinajstić information content (AvgIpc) is 2.48. The number of benzene rings is 2. The Morgan fingerprint density at radius 1 is 0.952 bits per heavy atom. The predicted octanol–water partition coefficient (Wildman–Crippen LogP) is 4.55. The van der Waals surface area contributed by atoms with Crippen LogP contribution >= 0.6 is 11.6 Å². The first-order chi connectivity index (χ1) is 10.1. The highest BCUT2D eigenvalue weighted by Gasteiger charge is 1.99. The third-order valence-electron chi connectivity index (χ3n) is 3.16. The molecule has 0 atom stereocenters. The van der Waals surface area contributed by atoms with Crippen molar-refractivity contribution in [3.05, 3.63) is 70.2 Å². The summed E-state index contributed by atoms with van der Waals surface area (Å²) in [6.45, 7) is 6.42. The highest BCUT2D eigenvalue weighted by Crippen LogP contribution is 2.12. The van der Waals surface area contributed by atoms with Crippen molar-refractivity contribution in [3.8, 4) is 0 Å². The number of hydrogen-bond acceptors (Lipinski definition) is 2. The van der Waals surface area contributed by atoms with Crippen LogP contribution in [0.25, 0.3) is 0 Å². The van der Waals surface area contributed by atoms with Gasteiger partial charge in [-0.05, 0) is 28.8 Å². The lowest BCUT2D eigenvalue weighted by Gasteiger charge is -2.10. The zero-order valence-electron chi connectivity index (χ0n) is 12.6. The van der Waals surface area contributed by atoms with Crippen molar-refractivity contribution in [2.24, 2.45) is 0 Å². The summed E-state index contributed by atoms with van der Waals surface area (Å²) in [7, 11) is 0. The van der Waals surface area contributed by atoms with Gasteiger partial charge >= 0.3 is 0 Å². The van der Waals surface area contributed by atoms with Crippen LogP contribution in [0.3, 0.4) is 0 Å². The molecule has 2 aromatic carbocycles. The van der Waals surface area contributed by atoms with Crippen molar-refractivity contribution in [2.75, 3.05) is 0 Å². The summed E-state index contributed by atoms with van der Waals surface area (Å²) in [6.07, 6.45) is 0. The first kappa shape index (κ1) is 16.0. The summed E-state index contributed by atoms with van der Waals surface area (Å²) in [5.74, 6) is 0. The Labute approximate surface area is 132 Å². The van der Waals surface area contributed by atoms with Crippen molar-refractivity contribution in [1.82, 2.24) is 5.32 Å². The van der Waals surface area contributed by atoms with Crippen LogP contribution in [-0.2, 0) is 24.5 Å². The fourth-order valence-electron chi connectivity index (χ4n) is 2.02. The second-order valence-electron chi connectivity index (χ2n) is 5.47. The van der Waals surface area contributed by atoms with Crippen LogP contribution in [0.2, 0.25) is 5.02 Å². The third kappa shape index (κ3) is 5.88. The molecule has 2 aromatic rings. The average molecular weight is 304 g/mol. The molecule has 0 fully saturated rings. The van der Waals surface area contributed by atoms with Crippen LogP contribution in [0.4, 0.5) is 0 Å². The molecule has 0 radical (unpaired) electrons. The molecule has 0 spiro atoms. The quantitative estimate of drug-likeness (QED) is 0.810. The van der Waals surface area contributed by atoms with Crippen molar-refractivity contribution in [2.45, 2.75) is 39.6 Å². The Morgan fingerprint density at radius 3 is 2.33 bits per heavy atom. The summed E-state index contributed by atoms with van der Waals surface area (Å²) < 4.78 is 5.76. The molecule has 112 valence electrons. The molecule has 0 aliphatic rings. The van der Waals surface area contributed by atoms with Gasteiger partial charge in [-0.2, -0.15) is 0 Å². The van der Waals surface area contributed by atoms with E-state index in [2.05, 4.69) is 43.4 Å². The zero-order chi connectivity index (χ0) is 15.1. The fourth-order valence-corrected chi connectivity index (χ4v) is 2.14. The topological polar surface area (TPSA) is 21.3 Å². The first-order valence-electron chi connectivity index (χ1n) is 7.27. The molecule has 0 saturated carbocycles. The van der Waals surface area contributed by atoms with E-state index < -0.39 is 0 Å². The Balaban J connectivity index is 1.82. The van der Waals surface area contributed by atoms with E-state index >= 15 is 0 Å². The van der Waals surface area contributed by atoms with Gasteiger partial charge in [0.05, 0.1) is 13.2 Å². The van der Waals surface area contributed by atoms with Gasteiger partial charge in [0, 0.05) is 17.6 Å². The Kier molecular flexibility index (Phi) is 6.24. The monoisotopic (exact) mass is 303 g/mol. The van der Waals surface area contributed by atoms with Crippen LogP contribution in [-0.4, -0.2) is 6.04 Å². The number of rotatable bonds is 7. The molecular formula is C18H22ClNO. The summed E-state index contributed by atoms with van der Waals surface area (Å²) in [4.78, 5) is 0. The highest BCUT2D eigenvalue weighted by molar-refractivity contribution is 6.30. The summed E-state index contributed by atoms with van der Waals surface area (Å²) in [5.41, 5.74) is 3.63. The fraction of sp³-hybridized carbons (Fsp3) is 0.333. The number of ether oxygens (including phenoxy) is 1. The largest absolute Gasteiger partial charge is 0.372 e. The van der Waals surface area contributed by atoms with E-state index in [-0.39, 0.29) is 0 Å². The van der Waals surface area contributed by atoms with E-state index in [9.17, 15) is 0 Å². The Bertz CT molecular complexity index is 551. The normalized spacial score (nSPS) is 11.0. The maximum atomic E-state index is 5.86. The van der Waals surface area contributed by atoms with Gasteiger partial charge in [-0.15, -0.1) is 0 Å². The highest BCUT2D eigenvalue weighted by atomic mass is 35.5. The van der Waals surface area contributed by atoms with Crippen LogP contribution in [0.1, 0.15) is 30.5 Å². The van der Waals surface area contributed by atoms with Crippen molar-refractivity contribution in [3.63, 3.8) is 0 Å². The van der Waals surface area contributed by atoms with E-state index in [4.69, 9.17) is 16.3 Å². The maximum absolute atomic E-state index is 5.86. The standard InChI is InChI=1S/C18H22ClNO/c1-14(2)20-11-16-4-3-5-17(10-16)13-21-12-15-6-8-18(19)9-7-15/h3-10,14,20H,11-13H2,1-2H3. The van der Waals surface area contributed by atoms with E-state index in [1.165, 1.54) is 11.1 Å². The molecule has 2 rings (SSSR count). The molecule has 0 heterocycles. The molecule has 1 N–H and O–H groups in total. The Morgan fingerprint density at radius 2 is 1.62 bits per heavy atom. The molecule has 21 heavy (non-hydrogen) atoms. The van der Waals surface area contributed by atoms with Crippen LogP contribution in [0.15, 0.2) is 48.5 Å². The van der Waals surface area contributed by atoms with Crippen molar-refractivity contribution >= 4 is 11.6 Å². The molecule has 2 nitrogen and oxygen atoms in total. The minimum atomic E-state index is 0.495. The lowest BCUT2D eigenvalue weighted by Crippen LogP contribution is -2.21. The maximum Gasteiger partial charge on any atom is 0.0721 e. The smallest absolute Gasteiger partial charge is 0.0721 e. The molecule has 0 saturated heterocycles. The van der Waals surface area contributed by atoms with Gasteiger partial charge in [0.2, 0.25) is 0 Å². The summed E-state index contributed by atoms with van der Waals surface area (Å²) >= 11 is 5.86. The number of hydrogen-bond donors (Lipinski definition) is 1. The molecule has 0 aliphatic carbocycles. The third-order valence-corrected chi connectivity index (χ3v) is 3.41. The summed E-state index contributed by atoms with van der Waals surface area (Å²) in [6, 6.07) is 16.8. The Hall–Kier alpha value is -1.35. The van der Waals surface area contributed by atoms with Crippen molar-refractivity contribution < 1.29 is 4.74 Å². The summed E-state index contributed by atoms with van der Waals surface area (Å²) in [5, 5.41) is 4.18. The minimum absolute atomic E-state index is 0.495. The van der Waals surface area contributed by atoms with Gasteiger partial charge in [0.1, 0.15) is 0 Å². The van der Waals surface area contributed by atoms with E-state index in [0.717, 1.165) is 17.1 Å². The zero-order valence-corrected chi connectivity index (χ0v) is 13.4. The molecule has 3 heteroatoms. The van der Waals surface area contributed by atoms with Gasteiger partial charge in [0.25, 0.3) is 0 Å². The van der Waals surface area contributed by atoms with Gasteiger partial charge in [-0.1, -0.05) is 61.8 Å². The second-order valence-corrected chi connectivity index (χ2v) is 5.91. The lowest BCUT2D eigenvalue weighted by atomic mass is 10.1. The van der Waals surface area contributed by atoms with Gasteiger partial charge < -0.3 is 10.1 Å². The van der Waals surface area contributed by atoms with E-state index in [0.29, 0.717) is 19.3 Å². The molecular weight excluding hydrogens is 282 g/mol. The molecule has 0 unspecified atom stereocenters. The first-order valence-corrected chi connectivity index (χ1v) is 7.64.